The van der Waals surface area contributed by atoms with Crippen molar-refractivity contribution in [3.05, 3.63) is 28.8 Å². The summed E-state index contributed by atoms with van der Waals surface area (Å²) in [6, 6.07) is 5.36. The lowest BCUT2D eigenvalue weighted by Crippen LogP contribution is -2.42. The van der Waals surface area contributed by atoms with E-state index in [4.69, 9.17) is 21.1 Å². The Morgan fingerprint density at radius 2 is 2.39 bits per heavy atom. The van der Waals surface area contributed by atoms with Crippen LogP contribution in [0.4, 0.5) is 0 Å². The van der Waals surface area contributed by atoms with Crippen LogP contribution in [0.2, 0.25) is 5.02 Å². The molecule has 1 aliphatic rings. The van der Waals surface area contributed by atoms with Crippen molar-refractivity contribution in [2.45, 2.75) is 12.7 Å². The van der Waals surface area contributed by atoms with E-state index in [1.807, 2.05) is 12.1 Å². The van der Waals surface area contributed by atoms with Crippen LogP contribution in [0, 0.1) is 0 Å². The van der Waals surface area contributed by atoms with Crippen LogP contribution in [-0.4, -0.2) is 49.5 Å². The highest BCUT2D eigenvalue weighted by Crippen LogP contribution is 2.26. The second-order valence-corrected chi connectivity index (χ2v) is 4.85. The van der Waals surface area contributed by atoms with Crippen LogP contribution in [0.1, 0.15) is 5.56 Å². The first-order chi connectivity index (χ1) is 8.70. The van der Waals surface area contributed by atoms with Crippen LogP contribution in [0.15, 0.2) is 18.2 Å². The second kappa shape index (κ2) is 6.38. The molecule has 1 unspecified atom stereocenters. The molecular weight excluding hydrogens is 254 g/mol. The van der Waals surface area contributed by atoms with Gasteiger partial charge in [0.2, 0.25) is 0 Å². The lowest BCUT2D eigenvalue weighted by molar-refractivity contribution is -0.0405. The highest BCUT2D eigenvalue weighted by molar-refractivity contribution is 6.31. The van der Waals surface area contributed by atoms with E-state index in [2.05, 4.69) is 11.9 Å². The Kier molecular flexibility index (Phi) is 4.83. The van der Waals surface area contributed by atoms with Gasteiger partial charge in [-0.05, 0) is 19.2 Å². The van der Waals surface area contributed by atoms with Gasteiger partial charge < -0.3 is 19.5 Å². The fraction of sp³-hybridized carbons (Fsp3) is 0.538. The number of morpholine rings is 1. The molecule has 1 saturated heterocycles. The van der Waals surface area contributed by atoms with Crippen LogP contribution in [0.5, 0.6) is 5.75 Å². The van der Waals surface area contributed by atoms with Gasteiger partial charge in [0, 0.05) is 23.7 Å². The van der Waals surface area contributed by atoms with Gasteiger partial charge in [-0.3, -0.25) is 0 Å². The average Bonchev–Trinajstić information content (AvgIpc) is 2.36. The Balaban J connectivity index is 1.95. The Morgan fingerprint density at radius 1 is 1.56 bits per heavy atom. The van der Waals surface area contributed by atoms with Gasteiger partial charge in [-0.25, -0.2) is 0 Å². The first-order valence-corrected chi connectivity index (χ1v) is 6.39. The predicted octanol–water partition coefficient (Wildman–Crippen LogP) is 1.54. The second-order valence-electron chi connectivity index (χ2n) is 4.44. The molecule has 5 heteroatoms. The van der Waals surface area contributed by atoms with Crippen molar-refractivity contribution in [3.8, 4) is 5.75 Å². The van der Waals surface area contributed by atoms with E-state index in [1.54, 1.807) is 6.07 Å². The smallest absolute Gasteiger partial charge is 0.126 e. The fourth-order valence-corrected chi connectivity index (χ4v) is 2.20. The first kappa shape index (κ1) is 13.6. The number of rotatable bonds is 4. The number of aliphatic hydroxyl groups excluding tert-OH is 1. The predicted molar refractivity (Wildman–Crippen MR) is 70.1 cm³/mol. The summed E-state index contributed by atoms with van der Waals surface area (Å²) in [5.41, 5.74) is 0.628. The summed E-state index contributed by atoms with van der Waals surface area (Å²) < 4.78 is 11.3. The summed E-state index contributed by atoms with van der Waals surface area (Å²) in [5.74, 6) is 0.627. The molecule has 2 rings (SSSR count). The monoisotopic (exact) mass is 271 g/mol. The van der Waals surface area contributed by atoms with Gasteiger partial charge in [-0.15, -0.1) is 0 Å². The Bertz CT molecular complexity index is 400. The van der Waals surface area contributed by atoms with E-state index in [0.717, 1.165) is 19.7 Å². The molecule has 0 radical (unpaired) electrons. The molecule has 0 spiro atoms. The topological polar surface area (TPSA) is 41.9 Å². The van der Waals surface area contributed by atoms with Gasteiger partial charge in [0.25, 0.3) is 0 Å². The molecule has 1 aromatic carbocycles. The van der Waals surface area contributed by atoms with E-state index in [0.29, 0.717) is 22.9 Å². The largest absolute Gasteiger partial charge is 0.490 e. The molecule has 1 fully saturated rings. The van der Waals surface area contributed by atoms with Crippen molar-refractivity contribution < 1.29 is 14.6 Å². The number of ether oxygens (including phenoxy) is 2. The lowest BCUT2D eigenvalue weighted by Gasteiger charge is -2.30. The van der Waals surface area contributed by atoms with Crippen LogP contribution in [0.3, 0.4) is 0 Å². The summed E-state index contributed by atoms with van der Waals surface area (Å²) in [6.45, 7) is 2.88. The van der Waals surface area contributed by atoms with E-state index < -0.39 is 0 Å². The number of halogens is 1. The summed E-state index contributed by atoms with van der Waals surface area (Å²) in [5, 5.41) is 9.80. The summed E-state index contributed by atoms with van der Waals surface area (Å²) in [4.78, 5) is 2.21. The Hall–Kier alpha value is -0.810. The molecule has 1 N–H and O–H groups in total. The van der Waals surface area contributed by atoms with Crippen molar-refractivity contribution in [1.82, 2.24) is 4.90 Å². The molecule has 18 heavy (non-hydrogen) atoms. The SMILES string of the molecule is CN1CCOC(COc2cccc(Cl)c2CO)C1. The van der Waals surface area contributed by atoms with Crippen LogP contribution < -0.4 is 4.74 Å². The molecular formula is C13H18ClNO3. The molecule has 1 aromatic rings. The highest BCUT2D eigenvalue weighted by atomic mass is 35.5. The quantitative estimate of drug-likeness (QED) is 0.902. The maximum absolute atomic E-state index is 9.27. The van der Waals surface area contributed by atoms with Gasteiger partial charge in [0.1, 0.15) is 18.5 Å². The van der Waals surface area contributed by atoms with E-state index >= 15 is 0 Å². The van der Waals surface area contributed by atoms with Crippen LogP contribution in [0.25, 0.3) is 0 Å². The minimum atomic E-state index is -0.125. The van der Waals surface area contributed by atoms with Crippen LogP contribution >= 0.6 is 11.6 Å². The van der Waals surface area contributed by atoms with Crippen molar-refractivity contribution in [2.24, 2.45) is 0 Å². The summed E-state index contributed by atoms with van der Waals surface area (Å²) >= 11 is 5.99. The number of hydrogen-bond acceptors (Lipinski definition) is 4. The first-order valence-electron chi connectivity index (χ1n) is 6.02. The highest BCUT2D eigenvalue weighted by Gasteiger charge is 2.19. The zero-order valence-corrected chi connectivity index (χ0v) is 11.2. The summed E-state index contributed by atoms with van der Waals surface area (Å²) in [7, 11) is 2.06. The Morgan fingerprint density at radius 3 is 3.11 bits per heavy atom. The standard InChI is InChI=1S/C13H18ClNO3/c1-15-5-6-17-10(7-15)9-18-13-4-2-3-12(14)11(13)8-16/h2-4,10,16H,5-9H2,1H3. The Labute approximate surface area is 112 Å². The average molecular weight is 272 g/mol. The third-order valence-corrected chi connectivity index (χ3v) is 3.35. The molecule has 0 bridgehead atoms. The number of nitrogens with zero attached hydrogens (tertiary/aromatic N) is 1. The zero-order chi connectivity index (χ0) is 13.0. The number of hydrogen-bond donors (Lipinski definition) is 1. The van der Waals surface area contributed by atoms with E-state index in [9.17, 15) is 5.11 Å². The van der Waals surface area contributed by atoms with Crippen LogP contribution in [-0.2, 0) is 11.3 Å². The van der Waals surface area contributed by atoms with E-state index in [1.165, 1.54) is 0 Å². The lowest BCUT2D eigenvalue weighted by atomic mass is 10.2. The number of aliphatic hydroxyl groups is 1. The van der Waals surface area contributed by atoms with Gasteiger partial charge in [0.05, 0.1) is 13.2 Å². The molecule has 0 aliphatic carbocycles. The minimum absolute atomic E-state index is 0.0641. The minimum Gasteiger partial charge on any atom is -0.490 e. The zero-order valence-electron chi connectivity index (χ0n) is 10.4. The molecule has 0 aromatic heterocycles. The van der Waals surface area contributed by atoms with E-state index in [-0.39, 0.29) is 12.7 Å². The fourth-order valence-electron chi connectivity index (χ4n) is 1.98. The normalized spacial score (nSPS) is 20.9. The molecule has 1 aliphatic heterocycles. The van der Waals surface area contributed by atoms with Crippen molar-refractivity contribution in [3.63, 3.8) is 0 Å². The van der Waals surface area contributed by atoms with Gasteiger partial charge in [-0.2, -0.15) is 0 Å². The van der Waals surface area contributed by atoms with Crippen molar-refractivity contribution in [2.75, 3.05) is 33.4 Å². The molecule has 4 nitrogen and oxygen atoms in total. The molecule has 1 heterocycles. The van der Waals surface area contributed by atoms with Gasteiger partial charge in [-0.1, -0.05) is 17.7 Å². The third-order valence-electron chi connectivity index (χ3n) is 3.00. The summed E-state index contributed by atoms with van der Waals surface area (Å²) in [6.07, 6.45) is 0.0641. The van der Waals surface area contributed by atoms with Crippen molar-refractivity contribution in [1.29, 1.82) is 0 Å². The van der Waals surface area contributed by atoms with Gasteiger partial charge >= 0.3 is 0 Å². The third kappa shape index (κ3) is 3.36. The maximum Gasteiger partial charge on any atom is 0.126 e. The number of benzene rings is 1. The molecule has 0 saturated carbocycles. The molecule has 0 amide bonds. The maximum atomic E-state index is 9.27. The molecule has 1 atom stereocenters. The van der Waals surface area contributed by atoms with Crippen molar-refractivity contribution >= 4 is 11.6 Å². The number of likely N-dealkylation sites (N-methyl/N-ethyl adjacent to an activating group) is 1. The van der Waals surface area contributed by atoms with Gasteiger partial charge in [0.15, 0.2) is 0 Å². The molecule has 100 valence electrons.